The first-order chi connectivity index (χ1) is 22.4. The zero-order chi connectivity index (χ0) is 29.5. The maximum absolute atomic E-state index is 2.52. The van der Waals surface area contributed by atoms with Crippen LogP contribution in [0.5, 0.6) is 0 Å². The lowest BCUT2D eigenvalue weighted by atomic mass is 10.1. The van der Waals surface area contributed by atoms with Crippen molar-refractivity contribution in [1.82, 2.24) is 13.7 Å². The van der Waals surface area contributed by atoms with Crippen LogP contribution in [0.15, 0.2) is 164 Å². The van der Waals surface area contributed by atoms with E-state index in [-0.39, 0.29) is 0 Å². The van der Waals surface area contributed by atoms with Crippen molar-refractivity contribution < 1.29 is 0 Å². The molecule has 3 heterocycles. The molecule has 0 saturated heterocycles. The number of nitrogens with zero attached hydrogens (tertiary/aromatic N) is 3. The molecule has 7 aromatic carbocycles. The van der Waals surface area contributed by atoms with Gasteiger partial charge in [0.1, 0.15) is 0 Å². The average Bonchev–Trinajstić information content (AvgIpc) is 3.75. The summed E-state index contributed by atoms with van der Waals surface area (Å²) in [5.74, 6) is 0. The lowest BCUT2D eigenvalue weighted by Crippen LogP contribution is -2.00. The fourth-order valence-electron chi connectivity index (χ4n) is 7.61. The van der Waals surface area contributed by atoms with E-state index in [9.17, 15) is 0 Å². The van der Waals surface area contributed by atoms with Crippen molar-refractivity contribution in [3.8, 4) is 17.1 Å². The van der Waals surface area contributed by atoms with Crippen LogP contribution in [0.4, 0.5) is 0 Å². The fraction of sp³-hybridized carbons (Fsp3) is 0. The second-order valence-corrected chi connectivity index (χ2v) is 11.8. The summed E-state index contributed by atoms with van der Waals surface area (Å²) in [6, 6.07) is 59.3. The van der Waals surface area contributed by atoms with Gasteiger partial charge >= 0.3 is 0 Å². The van der Waals surface area contributed by atoms with E-state index < -0.39 is 0 Å². The lowest BCUT2D eigenvalue weighted by molar-refractivity contribution is 1.14. The molecule has 3 nitrogen and oxygen atoms in total. The van der Waals surface area contributed by atoms with Gasteiger partial charge in [-0.15, -0.1) is 0 Å². The Morgan fingerprint density at radius 3 is 0.911 bits per heavy atom. The lowest BCUT2D eigenvalue weighted by Gasteiger charge is -2.14. The summed E-state index contributed by atoms with van der Waals surface area (Å²) < 4.78 is 7.43. The van der Waals surface area contributed by atoms with E-state index in [1.54, 1.807) is 0 Å². The molecule has 0 N–H and O–H groups in total. The second kappa shape index (κ2) is 9.22. The van der Waals surface area contributed by atoms with Crippen molar-refractivity contribution >= 4 is 65.4 Å². The van der Waals surface area contributed by atoms with Gasteiger partial charge in [0.2, 0.25) is 0 Å². The number of aromatic nitrogens is 3. The molecule has 3 aromatic heterocycles. The third-order valence-corrected chi connectivity index (χ3v) is 9.40. The van der Waals surface area contributed by atoms with E-state index >= 15 is 0 Å². The molecule has 0 unspecified atom stereocenters. The van der Waals surface area contributed by atoms with Crippen molar-refractivity contribution in [3.63, 3.8) is 0 Å². The summed E-state index contributed by atoms with van der Waals surface area (Å²) in [5.41, 5.74) is 10.7. The van der Waals surface area contributed by atoms with Crippen LogP contribution in [-0.2, 0) is 0 Å². The third kappa shape index (κ3) is 3.30. The Morgan fingerprint density at radius 1 is 0.222 bits per heavy atom. The molecule has 0 radical (unpaired) electrons. The molecule has 0 amide bonds. The first-order valence-electron chi connectivity index (χ1n) is 15.5. The highest BCUT2D eigenvalue weighted by Gasteiger charge is 2.24. The number of hydrogen-bond donors (Lipinski definition) is 0. The minimum Gasteiger partial charge on any atom is -0.307 e. The largest absolute Gasteiger partial charge is 0.307 e. The number of hydrogen-bond acceptors (Lipinski definition) is 0. The van der Waals surface area contributed by atoms with Crippen molar-refractivity contribution in [2.24, 2.45) is 0 Å². The molecule has 45 heavy (non-hydrogen) atoms. The molecule has 0 aliphatic heterocycles. The molecule has 210 valence electrons. The van der Waals surface area contributed by atoms with Crippen LogP contribution >= 0.6 is 0 Å². The molecule has 0 fully saturated rings. The quantitative estimate of drug-likeness (QED) is 0.200. The Labute approximate surface area is 259 Å². The van der Waals surface area contributed by atoms with Gasteiger partial charge in [0.15, 0.2) is 0 Å². The predicted octanol–water partition coefficient (Wildman–Crippen LogP) is 11.0. The van der Waals surface area contributed by atoms with Crippen LogP contribution in [0, 0.1) is 0 Å². The molecule has 0 atom stereocenters. The molecular formula is C42H27N3. The van der Waals surface area contributed by atoms with Crippen LogP contribution in [0.3, 0.4) is 0 Å². The number of fused-ring (bicyclic) bond motifs is 11. The summed E-state index contributed by atoms with van der Waals surface area (Å²) >= 11 is 0. The van der Waals surface area contributed by atoms with Crippen LogP contribution in [0.25, 0.3) is 82.5 Å². The van der Waals surface area contributed by atoms with Gasteiger partial charge in [-0.25, -0.2) is 0 Å². The van der Waals surface area contributed by atoms with Crippen molar-refractivity contribution in [2.75, 3.05) is 0 Å². The minimum absolute atomic E-state index is 1.15. The Bertz CT molecular complexity index is 2560. The first kappa shape index (κ1) is 24.4. The molecule has 0 spiro atoms. The van der Waals surface area contributed by atoms with Gasteiger partial charge in [0, 0.05) is 49.4 Å². The van der Waals surface area contributed by atoms with Gasteiger partial charge in [-0.2, -0.15) is 0 Å². The predicted molar refractivity (Wildman–Crippen MR) is 189 cm³/mol. The number of benzene rings is 7. The van der Waals surface area contributed by atoms with Crippen LogP contribution in [0.2, 0.25) is 0 Å². The van der Waals surface area contributed by atoms with E-state index in [4.69, 9.17) is 0 Å². The monoisotopic (exact) mass is 573 g/mol. The first-order valence-corrected chi connectivity index (χ1v) is 15.5. The zero-order valence-electron chi connectivity index (χ0n) is 24.4. The zero-order valence-corrected chi connectivity index (χ0v) is 24.4. The van der Waals surface area contributed by atoms with E-state index in [0.29, 0.717) is 0 Å². The molecule has 10 rings (SSSR count). The summed E-state index contributed by atoms with van der Waals surface area (Å²) in [6.07, 6.45) is 0. The topological polar surface area (TPSA) is 14.8 Å². The van der Waals surface area contributed by atoms with Gasteiger partial charge < -0.3 is 13.7 Å². The standard InChI is InChI=1S/C42H27N3/c1-4-14-28(15-5-1)43-37-22-12-10-20-31(37)33-24-26-35-36-27-25-34-32-21-11-13-23-38(32)44(29-16-6-2-7-17-29)40(34)42(36)45(41(35)39(33)43)30-18-8-3-9-19-30/h1-27H. The van der Waals surface area contributed by atoms with E-state index in [1.165, 1.54) is 65.4 Å². The molecule has 10 aromatic rings. The summed E-state index contributed by atoms with van der Waals surface area (Å²) in [7, 11) is 0. The number of para-hydroxylation sites is 5. The van der Waals surface area contributed by atoms with Gasteiger partial charge in [-0.1, -0.05) is 115 Å². The summed E-state index contributed by atoms with van der Waals surface area (Å²) in [5, 5.41) is 7.50. The highest BCUT2D eigenvalue weighted by molar-refractivity contribution is 6.28. The van der Waals surface area contributed by atoms with Crippen LogP contribution in [0.1, 0.15) is 0 Å². The van der Waals surface area contributed by atoms with Crippen LogP contribution in [-0.4, -0.2) is 13.7 Å². The smallest absolute Gasteiger partial charge is 0.0789 e. The van der Waals surface area contributed by atoms with Crippen molar-refractivity contribution in [3.05, 3.63) is 164 Å². The van der Waals surface area contributed by atoms with Gasteiger partial charge in [-0.3, -0.25) is 0 Å². The molecule has 3 heteroatoms. The minimum atomic E-state index is 1.15. The highest BCUT2D eigenvalue weighted by atomic mass is 15.1. The Morgan fingerprint density at radius 2 is 0.511 bits per heavy atom. The Hall–Kier alpha value is -6.06. The van der Waals surface area contributed by atoms with Gasteiger partial charge in [-0.05, 0) is 48.5 Å². The van der Waals surface area contributed by atoms with Gasteiger partial charge in [0.25, 0.3) is 0 Å². The highest BCUT2D eigenvalue weighted by Crippen LogP contribution is 2.45. The SMILES string of the molecule is c1ccc(-n2c3ccccc3c3ccc4c5ccc6c7ccccc7n(-c7ccccc7)c6c5n(-c5ccccc5)c4c32)cc1. The fourth-order valence-corrected chi connectivity index (χ4v) is 7.61. The van der Waals surface area contributed by atoms with Crippen molar-refractivity contribution in [1.29, 1.82) is 0 Å². The molecule has 0 bridgehead atoms. The van der Waals surface area contributed by atoms with Crippen molar-refractivity contribution in [2.45, 2.75) is 0 Å². The maximum Gasteiger partial charge on any atom is 0.0789 e. The van der Waals surface area contributed by atoms with Gasteiger partial charge in [0.05, 0.1) is 33.1 Å². The summed E-state index contributed by atoms with van der Waals surface area (Å²) in [4.78, 5) is 0. The van der Waals surface area contributed by atoms with E-state index in [2.05, 4.69) is 177 Å². The van der Waals surface area contributed by atoms with E-state index in [0.717, 1.165) is 17.1 Å². The maximum atomic E-state index is 2.52. The normalized spacial score (nSPS) is 12.0. The molecule has 0 aliphatic carbocycles. The second-order valence-electron chi connectivity index (χ2n) is 11.8. The molecule has 0 saturated carbocycles. The van der Waals surface area contributed by atoms with E-state index in [1.807, 2.05) is 0 Å². The summed E-state index contributed by atoms with van der Waals surface area (Å²) in [6.45, 7) is 0. The average molecular weight is 574 g/mol. The molecule has 0 aliphatic rings. The third-order valence-electron chi connectivity index (χ3n) is 9.40. The number of rotatable bonds is 3. The molecular weight excluding hydrogens is 546 g/mol. The Balaban J connectivity index is 1.53. The Kier molecular flexibility index (Phi) is 5.00. The van der Waals surface area contributed by atoms with Crippen LogP contribution < -0.4 is 0 Å².